The molecule has 2 N–H and O–H groups in total. The van der Waals surface area contributed by atoms with Crippen molar-refractivity contribution in [2.45, 2.75) is 32.6 Å². The standard InChI is InChI=1S/C12H16N2/c1-4-12(2,3)10-5-6-11(14)9(7-10)8-13/h5-7H,4,14H2,1-3H3. The molecule has 1 aromatic rings. The summed E-state index contributed by atoms with van der Waals surface area (Å²) < 4.78 is 0. The third-order valence-corrected chi connectivity index (χ3v) is 2.84. The van der Waals surface area contributed by atoms with E-state index in [1.54, 1.807) is 0 Å². The molecule has 2 heteroatoms. The van der Waals surface area contributed by atoms with Crippen LogP contribution in [-0.2, 0) is 5.41 Å². The molecular formula is C12H16N2. The first-order valence-corrected chi connectivity index (χ1v) is 4.81. The number of benzene rings is 1. The van der Waals surface area contributed by atoms with Crippen LogP contribution in [0.25, 0.3) is 0 Å². The summed E-state index contributed by atoms with van der Waals surface area (Å²) in [5.74, 6) is 0. The maximum absolute atomic E-state index is 8.85. The fourth-order valence-electron chi connectivity index (χ4n) is 1.28. The first kappa shape index (κ1) is 10.6. The lowest BCUT2D eigenvalue weighted by Crippen LogP contribution is -2.15. The molecule has 0 radical (unpaired) electrons. The summed E-state index contributed by atoms with van der Waals surface area (Å²) in [6, 6.07) is 7.81. The summed E-state index contributed by atoms with van der Waals surface area (Å²) in [5, 5.41) is 8.85. The van der Waals surface area contributed by atoms with Gasteiger partial charge in [0, 0.05) is 5.69 Å². The molecule has 0 aliphatic carbocycles. The number of rotatable bonds is 2. The lowest BCUT2D eigenvalue weighted by molar-refractivity contribution is 0.506. The average molecular weight is 188 g/mol. The van der Waals surface area contributed by atoms with Crippen molar-refractivity contribution in [2.24, 2.45) is 0 Å². The predicted molar refractivity (Wildman–Crippen MR) is 58.9 cm³/mol. The Balaban J connectivity index is 3.21. The van der Waals surface area contributed by atoms with Crippen molar-refractivity contribution in [3.05, 3.63) is 29.3 Å². The Labute approximate surface area is 85.4 Å². The van der Waals surface area contributed by atoms with E-state index in [4.69, 9.17) is 11.0 Å². The van der Waals surface area contributed by atoms with Crippen molar-refractivity contribution in [3.8, 4) is 6.07 Å². The highest BCUT2D eigenvalue weighted by molar-refractivity contribution is 5.56. The summed E-state index contributed by atoms with van der Waals surface area (Å²) in [5.41, 5.74) is 8.08. The van der Waals surface area contributed by atoms with Crippen molar-refractivity contribution in [2.75, 3.05) is 5.73 Å². The van der Waals surface area contributed by atoms with Crippen molar-refractivity contribution in [3.63, 3.8) is 0 Å². The van der Waals surface area contributed by atoms with Crippen LogP contribution >= 0.6 is 0 Å². The van der Waals surface area contributed by atoms with Gasteiger partial charge in [0.15, 0.2) is 0 Å². The zero-order chi connectivity index (χ0) is 10.8. The Morgan fingerprint density at radius 2 is 2.07 bits per heavy atom. The van der Waals surface area contributed by atoms with E-state index in [1.807, 2.05) is 18.2 Å². The molecule has 0 fully saturated rings. The number of anilines is 1. The summed E-state index contributed by atoms with van der Waals surface area (Å²) in [4.78, 5) is 0. The molecule has 0 aromatic heterocycles. The largest absolute Gasteiger partial charge is 0.398 e. The van der Waals surface area contributed by atoms with Crippen LogP contribution in [-0.4, -0.2) is 0 Å². The first-order chi connectivity index (χ1) is 6.51. The highest BCUT2D eigenvalue weighted by atomic mass is 14.6. The van der Waals surface area contributed by atoms with Gasteiger partial charge < -0.3 is 5.73 Å². The Kier molecular flexibility index (Phi) is 2.81. The average Bonchev–Trinajstić information content (AvgIpc) is 2.18. The highest BCUT2D eigenvalue weighted by Crippen LogP contribution is 2.28. The molecule has 0 spiro atoms. The summed E-state index contributed by atoms with van der Waals surface area (Å²) in [6.45, 7) is 6.47. The third-order valence-electron chi connectivity index (χ3n) is 2.84. The second-order valence-corrected chi connectivity index (χ2v) is 4.15. The Morgan fingerprint density at radius 3 is 2.57 bits per heavy atom. The van der Waals surface area contributed by atoms with E-state index in [-0.39, 0.29) is 5.41 Å². The second-order valence-electron chi connectivity index (χ2n) is 4.15. The smallest absolute Gasteiger partial charge is 0.101 e. The molecule has 14 heavy (non-hydrogen) atoms. The molecule has 0 aliphatic rings. The number of nitrogens with zero attached hydrogens (tertiary/aromatic N) is 1. The van der Waals surface area contributed by atoms with Crippen molar-refractivity contribution in [1.29, 1.82) is 5.26 Å². The molecule has 0 heterocycles. The Hall–Kier alpha value is -1.49. The van der Waals surface area contributed by atoms with Crippen molar-refractivity contribution in [1.82, 2.24) is 0 Å². The molecular weight excluding hydrogens is 172 g/mol. The monoisotopic (exact) mass is 188 g/mol. The molecule has 1 aromatic carbocycles. The quantitative estimate of drug-likeness (QED) is 0.725. The van der Waals surface area contributed by atoms with Crippen LogP contribution in [0.5, 0.6) is 0 Å². The topological polar surface area (TPSA) is 49.8 Å². The molecule has 1 rings (SSSR count). The zero-order valence-electron chi connectivity index (χ0n) is 8.96. The molecule has 0 saturated carbocycles. The van der Waals surface area contributed by atoms with E-state index in [9.17, 15) is 0 Å². The Bertz CT molecular complexity index is 372. The van der Waals surface area contributed by atoms with Crippen LogP contribution in [0.15, 0.2) is 18.2 Å². The van der Waals surface area contributed by atoms with E-state index in [0.717, 1.165) is 6.42 Å². The maximum atomic E-state index is 8.85. The van der Waals surface area contributed by atoms with Crippen LogP contribution in [0, 0.1) is 11.3 Å². The van der Waals surface area contributed by atoms with E-state index in [0.29, 0.717) is 11.3 Å². The van der Waals surface area contributed by atoms with E-state index >= 15 is 0 Å². The molecule has 0 amide bonds. The van der Waals surface area contributed by atoms with Gasteiger partial charge in [-0.2, -0.15) is 5.26 Å². The number of nitrogen functional groups attached to an aromatic ring is 1. The van der Waals surface area contributed by atoms with Crippen LogP contribution < -0.4 is 5.73 Å². The molecule has 0 saturated heterocycles. The minimum Gasteiger partial charge on any atom is -0.398 e. The molecule has 2 nitrogen and oxygen atoms in total. The Morgan fingerprint density at radius 1 is 1.43 bits per heavy atom. The second kappa shape index (κ2) is 3.71. The summed E-state index contributed by atoms with van der Waals surface area (Å²) in [6.07, 6.45) is 1.04. The van der Waals surface area contributed by atoms with Gasteiger partial charge in [-0.05, 0) is 29.5 Å². The number of nitrogens with two attached hydrogens (primary N) is 1. The fraction of sp³-hybridized carbons (Fsp3) is 0.417. The zero-order valence-corrected chi connectivity index (χ0v) is 8.96. The minimum absolute atomic E-state index is 0.110. The third kappa shape index (κ3) is 1.88. The normalized spacial score (nSPS) is 11.0. The number of hydrogen-bond donors (Lipinski definition) is 1. The molecule has 0 atom stereocenters. The van der Waals surface area contributed by atoms with Gasteiger partial charge in [-0.25, -0.2) is 0 Å². The van der Waals surface area contributed by atoms with Crippen LogP contribution in [0.2, 0.25) is 0 Å². The van der Waals surface area contributed by atoms with Gasteiger partial charge in [-0.1, -0.05) is 26.8 Å². The van der Waals surface area contributed by atoms with Gasteiger partial charge in [0.1, 0.15) is 6.07 Å². The fourth-order valence-corrected chi connectivity index (χ4v) is 1.28. The van der Waals surface area contributed by atoms with Crippen LogP contribution in [0.3, 0.4) is 0 Å². The van der Waals surface area contributed by atoms with E-state index < -0.39 is 0 Å². The summed E-state index contributed by atoms with van der Waals surface area (Å²) >= 11 is 0. The van der Waals surface area contributed by atoms with E-state index in [2.05, 4.69) is 26.8 Å². The van der Waals surface area contributed by atoms with Crippen molar-refractivity contribution >= 4 is 5.69 Å². The van der Waals surface area contributed by atoms with Crippen molar-refractivity contribution < 1.29 is 0 Å². The number of nitriles is 1. The summed E-state index contributed by atoms with van der Waals surface area (Å²) in [7, 11) is 0. The van der Waals surface area contributed by atoms with Gasteiger partial charge in [0.05, 0.1) is 5.56 Å². The first-order valence-electron chi connectivity index (χ1n) is 4.81. The van der Waals surface area contributed by atoms with Gasteiger partial charge in [-0.15, -0.1) is 0 Å². The minimum atomic E-state index is 0.110. The van der Waals surface area contributed by atoms with Crippen LogP contribution in [0.1, 0.15) is 38.3 Å². The van der Waals surface area contributed by atoms with Gasteiger partial charge >= 0.3 is 0 Å². The SMILES string of the molecule is CCC(C)(C)c1ccc(N)c(C#N)c1. The molecule has 0 unspecified atom stereocenters. The lowest BCUT2D eigenvalue weighted by Gasteiger charge is -2.23. The lowest BCUT2D eigenvalue weighted by atomic mass is 9.81. The van der Waals surface area contributed by atoms with E-state index in [1.165, 1.54) is 5.56 Å². The highest BCUT2D eigenvalue weighted by Gasteiger charge is 2.18. The molecule has 0 bridgehead atoms. The molecule has 74 valence electrons. The van der Waals surface area contributed by atoms with Gasteiger partial charge in [0.2, 0.25) is 0 Å². The number of hydrogen-bond acceptors (Lipinski definition) is 2. The van der Waals surface area contributed by atoms with Gasteiger partial charge in [0.25, 0.3) is 0 Å². The predicted octanol–water partition coefficient (Wildman–Crippen LogP) is 2.83. The van der Waals surface area contributed by atoms with Crippen LogP contribution in [0.4, 0.5) is 5.69 Å². The molecule has 0 aliphatic heterocycles. The van der Waals surface area contributed by atoms with Gasteiger partial charge in [-0.3, -0.25) is 0 Å². The maximum Gasteiger partial charge on any atom is 0.101 e.